The van der Waals surface area contributed by atoms with Crippen molar-refractivity contribution in [2.75, 3.05) is 13.2 Å². The molecule has 5 nitrogen and oxygen atoms in total. The predicted molar refractivity (Wildman–Crippen MR) is 128 cm³/mol. The van der Waals surface area contributed by atoms with Crippen molar-refractivity contribution in [1.29, 1.82) is 0 Å². The highest BCUT2D eigenvalue weighted by Crippen LogP contribution is 2.35. The van der Waals surface area contributed by atoms with Gasteiger partial charge in [-0.25, -0.2) is 4.68 Å². The van der Waals surface area contributed by atoms with Crippen molar-refractivity contribution >= 4 is 40.3 Å². The SMILES string of the molecule is O=C1/C(=C/c2cn(-c3ccccc3)nc2-c2ccccc2)SC(=S)N1C[C@@H]1CCCO1. The first kappa shape index (κ1) is 20.2. The van der Waals surface area contributed by atoms with Gasteiger partial charge in [-0.2, -0.15) is 5.10 Å². The third-order valence-corrected chi connectivity index (χ3v) is 6.76. The molecular weight excluding hydrogens is 426 g/mol. The topological polar surface area (TPSA) is 47.4 Å². The molecule has 3 heterocycles. The number of para-hydroxylation sites is 1. The van der Waals surface area contributed by atoms with E-state index in [-0.39, 0.29) is 12.0 Å². The Balaban J connectivity index is 1.50. The Morgan fingerprint density at radius 1 is 1.13 bits per heavy atom. The van der Waals surface area contributed by atoms with Crippen molar-refractivity contribution in [1.82, 2.24) is 14.7 Å². The maximum absolute atomic E-state index is 13.1. The summed E-state index contributed by atoms with van der Waals surface area (Å²) in [6, 6.07) is 20.0. The Bertz CT molecular complexity index is 1140. The third kappa shape index (κ3) is 4.21. The van der Waals surface area contributed by atoms with Gasteiger partial charge in [-0.05, 0) is 31.1 Å². The van der Waals surface area contributed by atoms with Crippen LogP contribution in [0.15, 0.2) is 71.8 Å². The standard InChI is InChI=1S/C24H21N3O2S2/c28-23-21(31-24(30)26(23)16-20-12-7-13-29-20)14-18-15-27(19-10-5-2-6-11-19)25-22(18)17-8-3-1-4-9-17/h1-6,8-11,14-15,20H,7,12-13,16H2/b21-14-/t20-/m0/s1. The van der Waals surface area contributed by atoms with Gasteiger partial charge < -0.3 is 4.74 Å². The quantitative estimate of drug-likeness (QED) is 0.410. The molecule has 1 aromatic heterocycles. The number of carbonyl (C=O) groups is 1. The van der Waals surface area contributed by atoms with Crippen LogP contribution in [0.1, 0.15) is 18.4 Å². The first-order valence-corrected chi connectivity index (χ1v) is 11.5. The summed E-state index contributed by atoms with van der Waals surface area (Å²) in [5, 5.41) is 4.82. The van der Waals surface area contributed by atoms with Crippen molar-refractivity contribution in [3.05, 3.63) is 77.3 Å². The first-order chi connectivity index (χ1) is 15.2. The first-order valence-electron chi connectivity index (χ1n) is 10.3. The van der Waals surface area contributed by atoms with E-state index in [4.69, 9.17) is 22.1 Å². The Kier molecular flexibility index (Phi) is 5.72. The number of amides is 1. The highest BCUT2D eigenvalue weighted by molar-refractivity contribution is 8.26. The molecule has 2 aliphatic rings. The number of aromatic nitrogens is 2. The monoisotopic (exact) mass is 447 g/mol. The van der Waals surface area contributed by atoms with Gasteiger partial charge in [-0.15, -0.1) is 0 Å². The highest BCUT2D eigenvalue weighted by Gasteiger charge is 2.34. The van der Waals surface area contributed by atoms with Gasteiger partial charge in [0.05, 0.1) is 28.9 Å². The molecule has 0 aliphatic carbocycles. The van der Waals surface area contributed by atoms with Crippen molar-refractivity contribution in [3.63, 3.8) is 0 Å². The summed E-state index contributed by atoms with van der Waals surface area (Å²) < 4.78 is 8.13. The summed E-state index contributed by atoms with van der Waals surface area (Å²) >= 11 is 6.85. The second-order valence-corrected chi connectivity index (χ2v) is 9.18. The second kappa shape index (κ2) is 8.78. The molecule has 0 spiro atoms. The van der Waals surface area contributed by atoms with Crippen LogP contribution in [-0.4, -0.2) is 44.2 Å². The molecule has 2 fully saturated rings. The lowest BCUT2D eigenvalue weighted by Gasteiger charge is -2.18. The van der Waals surface area contributed by atoms with Gasteiger partial charge in [0.25, 0.3) is 5.91 Å². The Hall–Kier alpha value is -2.74. The lowest BCUT2D eigenvalue weighted by atomic mass is 10.1. The summed E-state index contributed by atoms with van der Waals surface area (Å²) in [5.41, 5.74) is 3.67. The molecule has 1 atom stereocenters. The van der Waals surface area contributed by atoms with E-state index >= 15 is 0 Å². The molecular formula is C24H21N3O2S2. The molecule has 0 saturated carbocycles. The molecule has 31 heavy (non-hydrogen) atoms. The van der Waals surface area contributed by atoms with Crippen LogP contribution in [-0.2, 0) is 9.53 Å². The normalized spacial score (nSPS) is 20.2. The van der Waals surface area contributed by atoms with E-state index in [2.05, 4.69) is 0 Å². The molecule has 0 bridgehead atoms. The molecule has 5 rings (SSSR count). The zero-order valence-corrected chi connectivity index (χ0v) is 18.4. The molecule has 156 valence electrons. The number of hydrogen-bond acceptors (Lipinski definition) is 5. The summed E-state index contributed by atoms with van der Waals surface area (Å²) in [6.45, 7) is 1.28. The van der Waals surface area contributed by atoms with Gasteiger partial charge in [-0.1, -0.05) is 72.5 Å². The molecule has 0 N–H and O–H groups in total. The van der Waals surface area contributed by atoms with Gasteiger partial charge in [0, 0.05) is 23.9 Å². The van der Waals surface area contributed by atoms with Crippen molar-refractivity contribution in [2.24, 2.45) is 0 Å². The van der Waals surface area contributed by atoms with Crippen LogP contribution >= 0.6 is 24.0 Å². The summed E-state index contributed by atoms with van der Waals surface area (Å²) in [6.07, 6.45) is 5.95. The fourth-order valence-corrected chi connectivity index (χ4v) is 5.08. The van der Waals surface area contributed by atoms with Gasteiger partial charge in [0.2, 0.25) is 0 Å². The van der Waals surface area contributed by atoms with Gasteiger partial charge in [0.1, 0.15) is 4.32 Å². The zero-order chi connectivity index (χ0) is 21.2. The molecule has 1 amide bonds. The number of carbonyl (C=O) groups excluding carboxylic acids is 1. The van der Waals surface area contributed by atoms with Crippen LogP contribution < -0.4 is 0 Å². The van der Waals surface area contributed by atoms with E-state index in [0.29, 0.717) is 15.8 Å². The van der Waals surface area contributed by atoms with Crippen LogP contribution in [0.5, 0.6) is 0 Å². The minimum atomic E-state index is -0.0584. The molecule has 2 aromatic carbocycles. The lowest BCUT2D eigenvalue weighted by molar-refractivity contribution is -0.123. The molecule has 7 heteroatoms. The van der Waals surface area contributed by atoms with E-state index in [1.807, 2.05) is 77.6 Å². The Morgan fingerprint density at radius 2 is 1.87 bits per heavy atom. The zero-order valence-electron chi connectivity index (χ0n) is 16.8. The lowest BCUT2D eigenvalue weighted by Crippen LogP contribution is -2.35. The summed E-state index contributed by atoms with van der Waals surface area (Å²) in [4.78, 5) is 15.4. The number of rotatable bonds is 5. The molecule has 2 aliphatic heterocycles. The van der Waals surface area contributed by atoms with Crippen molar-refractivity contribution < 1.29 is 9.53 Å². The number of ether oxygens (including phenoxy) is 1. The van der Waals surface area contributed by atoms with Gasteiger partial charge in [-0.3, -0.25) is 9.69 Å². The smallest absolute Gasteiger partial charge is 0.266 e. The van der Waals surface area contributed by atoms with Gasteiger partial charge >= 0.3 is 0 Å². The number of thiocarbonyl (C=S) groups is 1. The van der Waals surface area contributed by atoms with Crippen LogP contribution in [0.4, 0.5) is 0 Å². The molecule has 0 unspecified atom stereocenters. The maximum atomic E-state index is 13.1. The number of hydrogen-bond donors (Lipinski definition) is 0. The number of nitrogens with zero attached hydrogens (tertiary/aromatic N) is 3. The van der Waals surface area contributed by atoms with E-state index in [1.54, 1.807) is 4.90 Å². The van der Waals surface area contributed by atoms with E-state index in [0.717, 1.165) is 42.0 Å². The van der Waals surface area contributed by atoms with Crippen LogP contribution in [0.2, 0.25) is 0 Å². The molecule has 0 radical (unpaired) electrons. The average Bonchev–Trinajstić information content (AvgIpc) is 3.53. The molecule has 3 aromatic rings. The van der Waals surface area contributed by atoms with Crippen LogP contribution in [0.3, 0.4) is 0 Å². The number of thioether (sulfide) groups is 1. The fraction of sp³-hybridized carbons (Fsp3) is 0.208. The van der Waals surface area contributed by atoms with Crippen LogP contribution in [0, 0.1) is 0 Å². The average molecular weight is 448 g/mol. The predicted octanol–water partition coefficient (Wildman–Crippen LogP) is 4.92. The van der Waals surface area contributed by atoms with Gasteiger partial charge in [0.15, 0.2) is 0 Å². The van der Waals surface area contributed by atoms with Crippen LogP contribution in [0.25, 0.3) is 23.0 Å². The fourth-order valence-electron chi connectivity index (χ4n) is 3.82. The van der Waals surface area contributed by atoms with Crippen molar-refractivity contribution in [3.8, 4) is 16.9 Å². The summed E-state index contributed by atoms with van der Waals surface area (Å²) in [7, 11) is 0. The Labute approximate surface area is 190 Å². The third-order valence-electron chi connectivity index (χ3n) is 5.38. The summed E-state index contributed by atoms with van der Waals surface area (Å²) in [5.74, 6) is -0.0584. The number of benzene rings is 2. The maximum Gasteiger partial charge on any atom is 0.266 e. The minimum absolute atomic E-state index is 0.0584. The van der Waals surface area contributed by atoms with Crippen molar-refractivity contribution in [2.45, 2.75) is 18.9 Å². The largest absolute Gasteiger partial charge is 0.376 e. The molecule has 2 saturated heterocycles. The Morgan fingerprint density at radius 3 is 2.58 bits per heavy atom. The second-order valence-electron chi connectivity index (χ2n) is 7.51. The highest BCUT2D eigenvalue weighted by atomic mass is 32.2. The minimum Gasteiger partial charge on any atom is -0.376 e. The van der Waals surface area contributed by atoms with E-state index in [9.17, 15) is 4.79 Å². The van der Waals surface area contributed by atoms with E-state index < -0.39 is 0 Å². The van der Waals surface area contributed by atoms with E-state index in [1.165, 1.54) is 11.8 Å².